The Kier molecular flexibility index (Phi) is 6.46. The first-order valence-corrected chi connectivity index (χ1v) is 13.6. The highest BCUT2D eigenvalue weighted by Crippen LogP contribution is 2.27. The van der Waals surface area contributed by atoms with Gasteiger partial charge in [-0.2, -0.15) is 14.6 Å². The van der Waals surface area contributed by atoms with E-state index in [0.717, 1.165) is 0 Å². The third-order valence-corrected chi connectivity index (χ3v) is 7.60. The molecule has 0 radical (unpaired) electrons. The topological polar surface area (TPSA) is 171 Å². The summed E-state index contributed by atoms with van der Waals surface area (Å²) in [6.45, 7) is 3.50. The number of nitrogens with zero attached hydrogens (tertiary/aromatic N) is 8. The number of furan rings is 1. The van der Waals surface area contributed by atoms with Gasteiger partial charge in [-0.1, -0.05) is 0 Å². The standard InChI is InChI=1S/C27H27FN10O5/c1-34-23-20-14-18(21-3-2-12-41-21)33-38(20)25(29)30-24(23)37(27(34)40)11-8-35-6-9-36(10-7-35)19-5-4-16(13-17(19)28)42-15-22-31-32-26(39)43-22/h2-5,12-14H,6-11,15H2,1H3,(H2,29,30)(H,32,39). The fourth-order valence-corrected chi connectivity index (χ4v) is 5.43. The van der Waals surface area contributed by atoms with Crippen molar-refractivity contribution in [2.75, 3.05) is 43.4 Å². The van der Waals surface area contributed by atoms with Gasteiger partial charge in [0.25, 0.3) is 5.89 Å². The van der Waals surface area contributed by atoms with Crippen LogP contribution in [0.5, 0.6) is 5.75 Å². The number of hydrogen-bond donors (Lipinski definition) is 2. The Labute approximate surface area is 241 Å². The number of aryl methyl sites for hydroxylation is 1. The number of imidazole rings is 1. The van der Waals surface area contributed by atoms with E-state index in [9.17, 15) is 14.0 Å². The molecule has 0 saturated carbocycles. The number of anilines is 2. The summed E-state index contributed by atoms with van der Waals surface area (Å²) in [6.07, 6.45) is 1.57. The maximum atomic E-state index is 15.0. The van der Waals surface area contributed by atoms with Gasteiger partial charge in [0, 0.05) is 52.4 Å². The van der Waals surface area contributed by atoms with E-state index >= 15 is 0 Å². The van der Waals surface area contributed by atoms with Crippen LogP contribution in [0.1, 0.15) is 5.89 Å². The molecule has 5 aromatic heterocycles. The number of piperazine rings is 1. The van der Waals surface area contributed by atoms with Gasteiger partial charge >= 0.3 is 11.4 Å². The van der Waals surface area contributed by atoms with Gasteiger partial charge in [-0.15, -0.1) is 5.10 Å². The van der Waals surface area contributed by atoms with Crippen LogP contribution in [0.15, 0.2) is 61.1 Å². The number of rotatable bonds is 8. The van der Waals surface area contributed by atoms with E-state index in [1.807, 2.05) is 11.0 Å². The van der Waals surface area contributed by atoms with Crippen molar-refractivity contribution in [3.05, 3.63) is 75.4 Å². The first-order valence-electron chi connectivity index (χ1n) is 13.6. The maximum absolute atomic E-state index is 15.0. The summed E-state index contributed by atoms with van der Waals surface area (Å²) in [5.41, 5.74) is 8.89. The van der Waals surface area contributed by atoms with Gasteiger partial charge in [0.2, 0.25) is 5.95 Å². The van der Waals surface area contributed by atoms with E-state index in [1.54, 1.807) is 46.7 Å². The molecule has 1 saturated heterocycles. The first kappa shape index (κ1) is 26.5. The number of nitrogen functional groups attached to an aromatic ring is 1. The Balaban J connectivity index is 1.02. The summed E-state index contributed by atoms with van der Waals surface area (Å²) in [5, 5.41) is 10.3. The minimum Gasteiger partial charge on any atom is -0.484 e. The minimum absolute atomic E-state index is 0.0740. The molecule has 15 nitrogen and oxygen atoms in total. The molecule has 0 aliphatic carbocycles. The average Bonchev–Trinajstić information content (AvgIpc) is 3.80. The number of hydrogen-bond acceptors (Lipinski definition) is 11. The first-order chi connectivity index (χ1) is 20.9. The van der Waals surface area contributed by atoms with Gasteiger partial charge < -0.3 is 24.2 Å². The number of aromatic nitrogens is 7. The average molecular weight is 591 g/mol. The highest BCUT2D eigenvalue weighted by Gasteiger charge is 2.23. The van der Waals surface area contributed by atoms with Crippen LogP contribution in [0, 0.1) is 5.82 Å². The Hall–Kier alpha value is -5.38. The second kappa shape index (κ2) is 10.5. The number of ether oxygens (including phenoxy) is 1. The molecule has 6 aromatic rings. The number of H-pyrrole nitrogens is 1. The van der Waals surface area contributed by atoms with Gasteiger partial charge in [0.15, 0.2) is 18.0 Å². The molecular weight excluding hydrogens is 563 g/mol. The SMILES string of the molecule is Cn1c(=O)n(CCN2CCN(c3ccc(OCc4n[nH]c(=O)o4)cc3F)CC2)c2nc(N)n3nc(-c4ccco4)cc3c21. The lowest BCUT2D eigenvalue weighted by Crippen LogP contribution is -2.47. The Bertz CT molecular complexity index is 2050. The molecule has 6 heterocycles. The van der Waals surface area contributed by atoms with Crippen LogP contribution in [-0.2, 0) is 20.2 Å². The van der Waals surface area contributed by atoms with Crippen LogP contribution in [0.3, 0.4) is 0 Å². The highest BCUT2D eigenvalue weighted by molar-refractivity contribution is 5.91. The van der Waals surface area contributed by atoms with Gasteiger partial charge in [0.1, 0.15) is 22.8 Å². The van der Waals surface area contributed by atoms with E-state index in [-0.39, 0.29) is 24.1 Å². The van der Waals surface area contributed by atoms with Crippen LogP contribution in [0.4, 0.5) is 16.0 Å². The van der Waals surface area contributed by atoms with Crippen LogP contribution in [-0.4, -0.2) is 71.6 Å². The molecule has 0 amide bonds. The molecule has 3 N–H and O–H groups in total. The molecule has 222 valence electrons. The van der Waals surface area contributed by atoms with Crippen molar-refractivity contribution in [1.82, 2.24) is 38.8 Å². The molecule has 0 bridgehead atoms. The molecule has 0 unspecified atom stereocenters. The van der Waals surface area contributed by atoms with E-state index in [0.29, 0.717) is 78.8 Å². The number of nitrogens with one attached hydrogen (secondary N) is 1. The number of aromatic amines is 1. The Morgan fingerprint density at radius 3 is 2.67 bits per heavy atom. The summed E-state index contributed by atoms with van der Waals surface area (Å²) in [5.74, 6) is 0.0308. The number of fused-ring (bicyclic) bond motifs is 3. The molecule has 7 rings (SSSR count). The fraction of sp³-hybridized carbons (Fsp3) is 0.296. The summed E-state index contributed by atoms with van der Waals surface area (Å²) in [7, 11) is 1.71. The predicted octanol–water partition coefficient (Wildman–Crippen LogP) is 1.44. The summed E-state index contributed by atoms with van der Waals surface area (Å²) in [4.78, 5) is 33.0. The normalized spacial score (nSPS) is 14.3. The number of nitrogens with two attached hydrogens (primary N) is 1. The summed E-state index contributed by atoms with van der Waals surface area (Å²) in [6, 6.07) is 10.0. The quantitative estimate of drug-likeness (QED) is 0.263. The van der Waals surface area contributed by atoms with Crippen molar-refractivity contribution in [1.29, 1.82) is 0 Å². The molecule has 16 heteroatoms. The lowest BCUT2D eigenvalue weighted by atomic mass is 10.2. The number of benzene rings is 1. The van der Waals surface area contributed by atoms with E-state index in [4.69, 9.17) is 19.3 Å². The van der Waals surface area contributed by atoms with Crippen molar-refractivity contribution < 1.29 is 18.0 Å². The summed E-state index contributed by atoms with van der Waals surface area (Å²) < 4.78 is 35.4. The Morgan fingerprint density at radius 2 is 1.95 bits per heavy atom. The molecule has 1 fully saturated rings. The second-order valence-electron chi connectivity index (χ2n) is 10.2. The molecule has 1 aromatic carbocycles. The second-order valence-corrected chi connectivity index (χ2v) is 10.2. The largest absolute Gasteiger partial charge is 0.484 e. The molecule has 43 heavy (non-hydrogen) atoms. The van der Waals surface area contributed by atoms with Crippen molar-refractivity contribution in [2.24, 2.45) is 7.05 Å². The zero-order valence-electron chi connectivity index (χ0n) is 23.1. The van der Waals surface area contributed by atoms with Crippen LogP contribution in [0.25, 0.3) is 28.1 Å². The van der Waals surface area contributed by atoms with E-state index in [1.165, 1.54) is 10.6 Å². The van der Waals surface area contributed by atoms with Crippen LogP contribution in [0.2, 0.25) is 0 Å². The van der Waals surface area contributed by atoms with E-state index in [2.05, 4.69) is 25.2 Å². The Morgan fingerprint density at radius 1 is 1.12 bits per heavy atom. The molecular formula is C27H27FN10O5. The monoisotopic (exact) mass is 590 g/mol. The fourth-order valence-electron chi connectivity index (χ4n) is 5.43. The smallest absolute Gasteiger partial charge is 0.434 e. The van der Waals surface area contributed by atoms with Crippen molar-refractivity contribution in [3.8, 4) is 17.2 Å². The van der Waals surface area contributed by atoms with E-state index < -0.39 is 11.6 Å². The third-order valence-electron chi connectivity index (χ3n) is 7.60. The minimum atomic E-state index is -0.680. The summed E-state index contributed by atoms with van der Waals surface area (Å²) >= 11 is 0. The predicted molar refractivity (Wildman–Crippen MR) is 152 cm³/mol. The number of halogens is 1. The van der Waals surface area contributed by atoms with Crippen molar-refractivity contribution in [3.63, 3.8) is 0 Å². The van der Waals surface area contributed by atoms with Crippen molar-refractivity contribution >= 4 is 28.3 Å². The van der Waals surface area contributed by atoms with Crippen molar-refractivity contribution in [2.45, 2.75) is 13.2 Å². The molecule has 0 spiro atoms. The molecule has 0 atom stereocenters. The van der Waals surface area contributed by atoms with Gasteiger partial charge in [-0.05, 0) is 30.3 Å². The molecule has 1 aliphatic rings. The van der Waals surface area contributed by atoms with Gasteiger partial charge in [-0.25, -0.2) is 19.1 Å². The highest BCUT2D eigenvalue weighted by atomic mass is 19.1. The maximum Gasteiger partial charge on any atom is 0.434 e. The lowest BCUT2D eigenvalue weighted by Gasteiger charge is -2.36. The lowest BCUT2D eigenvalue weighted by molar-refractivity contribution is 0.247. The van der Waals surface area contributed by atoms with Gasteiger partial charge in [0.05, 0.1) is 17.5 Å². The van der Waals surface area contributed by atoms with Crippen LogP contribution < -0.4 is 26.8 Å². The molecule has 1 aliphatic heterocycles. The van der Waals surface area contributed by atoms with Crippen LogP contribution >= 0.6 is 0 Å². The van der Waals surface area contributed by atoms with Gasteiger partial charge in [-0.3, -0.25) is 14.0 Å². The zero-order valence-corrected chi connectivity index (χ0v) is 23.1. The third kappa shape index (κ3) is 4.80. The zero-order chi connectivity index (χ0) is 29.7.